The van der Waals surface area contributed by atoms with E-state index in [2.05, 4.69) is 9.97 Å². The number of thioether (sulfide) groups is 1. The number of imide groups is 1. The van der Waals surface area contributed by atoms with Crippen molar-refractivity contribution in [2.45, 2.75) is 36.6 Å². The van der Waals surface area contributed by atoms with Crippen LogP contribution >= 0.6 is 23.5 Å². The van der Waals surface area contributed by atoms with Crippen LogP contribution in [0.5, 0.6) is 0 Å². The number of rotatable bonds is 5. The van der Waals surface area contributed by atoms with Crippen LogP contribution in [-0.4, -0.2) is 32.1 Å². The highest BCUT2D eigenvalue weighted by atomic mass is 32.2. The van der Waals surface area contributed by atoms with E-state index in [1.165, 1.54) is 16.7 Å². The van der Waals surface area contributed by atoms with Gasteiger partial charge in [0.05, 0.1) is 15.9 Å². The normalized spacial score (nSPS) is 17.4. The Balaban J connectivity index is 1.52. The molecule has 0 aliphatic carbocycles. The van der Waals surface area contributed by atoms with E-state index in [0.717, 1.165) is 34.4 Å². The summed E-state index contributed by atoms with van der Waals surface area (Å²) in [4.78, 5) is 34.0. The molecule has 4 rings (SSSR count). The minimum atomic E-state index is -0.262. The Morgan fingerprint density at radius 2 is 2.11 bits per heavy atom. The van der Waals surface area contributed by atoms with Crippen molar-refractivity contribution < 1.29 is 14.0 Å². The summed E-state index contributed by atoms with van der Waals surface area (Å²) in [5.41, 5.74) is 1.86. The van der Waals surface area contributed by atoms with Gasteiger partial charge in [-0.15, -0.1) is 0 Å². The van der Waals surface area contributed by atoms with Crippen LogP contribution in [-0.2, 0) is 4.79 Å². The Kier molecular flexibility index (Phi) is 4.84. The molecule has 2 amide bonds. The highest BCUT2D eigenvalue weighted by molar-refractivity contribution is 8.18. The van der Waals surface area contributed by atoms with Crippen LogP contribution in [0, 0.1) is 0 Å². The lowest BCUT2D eigenvalue weighted by Gasteiger charge is -2.19. The summed E-state index contributed by atoms with van der Waals surface area (Å²) >= 11 is 2.32. The number of H-pyrrole nitrogens is 1. The number of benzene rings is 1. The summed E-state index contributed by atoms with van der Waals surface area (Å²) in [5.74, 6) is 0.269. The highest BCUT2D eigenvalue weighted by Gasteiger charge is 2.37. The monoisotopic (exact) mass is 399 g/mol. The maximum Gasteiger partial charge on any atom is 0.293 e. The summed E-state index contributed by atoms with van der Waals surface area (Å²) < 4.78 is 5.78. The lowest BCUT2D eigenvalue weighted by molar-refractivity contribution is -0.124. The van der Waals surface area contributed by atoms with Crippen molar-refractivity contribution in [2.24, 2.45) is 0 Å². The molecule has 0 bridgehead atoms. The average Bonchev–Trinajstić information content (AvgIpc) is 3.33. The number of furan rings is 1. The number of carbonyl (C=O) groups is 2. The minimum Gasteiger partial charge on any atom is -0.450 e. The van der Waals surface area contributed by atoms with Crippen LogP contribution in [0.2, 0.25) is 0 Å². The molecule has 138 valence electrons. The lowest BCUT2D eigenvalue weighted by Crippen LogP contribution is -2.36. The fourth-order valence-electron chi connectivity index (χ4n) is 2.71. The van der Waals surface area contributed by atoms with Gasteiger partial charge in [-0.25, -0.2) is 4.98 Å². The first-order chi connectivity index (χ1) is 13.0. The zero-order chi connectivity index (χ0) is 19.0. The quantitative estimate of drug-likeness (QED) is 0.598. The third-order valence-corrected chi connectivity index (χ3v) is 5.99. The zero-order valence-electron chi connectivity index (χ0n) is 14.8. The molecule has 3 heterocycles. The van der Waals surface area contributed by atoms with E-state index in [1.54, 1.807) is 12.1 Å². The molecule has 6 nitrogen and oxygen atoms in total. The van der Waals surface area contributed by atoms with Gasteiger partial charge in [-0.3, -0.25) is 14.5 Å². The Morgan fingerprint density at radius 3 is 2.89 bits per heavy atom. The Labute approximate surface area is 164 Å². The molecule has 1 N–H and O–H groups in total. The van der Waals surface area contributed by atoms with E-state index in [9.17, 15) is 9.59 Å². The summed E-state index contributed by atoms with van der Waals surface area (Å²) in [6.45, 7) is 3.82. The molecule has 0 radical (unpaired) electrons. The standard InChI is InChI=1S/C19H17N3O3S2/c1-3-11(2)22-17(23)15(26-19(22)24)10-12-8-9-16(25-12)27-18-20-13-6-4-5-7-14(13)21-18/h4-11H,3H2,1-2H3,(H,20,21)/b15-10+/t11-/m0/s1. The van der Waals surface area contributed by atoms with Gasteiger partial charge in [-0.2, -0.15) is 0 Å². The fraction of sp³-hybridized carbons (Fsp3) is 0.211. The maximum absolute atomic E-state index is 12.5. The molecule has 27 heavy (non-hydrogen) atoms. The second kappa shape index (κ2) is 7.28. The van der Waals surface area contributed by atoms with Crippen LogP contribution < -0.4 is 0 Å². The van der Waals surface area contributed by atoms with Gasteiger partial charge in [-0.05, 0) is 61.1 Å². The maximum atomic E-state index is 12.5. The SMILES string of the molecule is CC[C@H](C)N1C(=O)S/C(=C/c2ccc(Sc3nc4ccccc4[nH]3)o2)C1=O. The van der Waals surface area contributed by atoms with Crippen molar-refractivity contribution in [3.05, 3.63) is 47.1 Å². The predicted molar refractivity (Wildman–Crippen MR) is 106 cm³/mol. The number of nitrogens with one attached hydrogen (secondary N) is 1. The first-order valence-electron chi connectivity index (χ1n) is 8.54. The molecule has 0 unspecified atom stereocenters. The number of aromatic amines is 1. The topological polar surface area (TPSA) is 79.2 Å². The number of aromatic nitrogens is 2. The van der Waals surface area contributed by atoms with Crippen molar-refractivity contribution in [3.63, 3.8) is 0 Å². The molecule has 1 atom stereocenters. The van der Waals surface area contributed by atoms with E-state index in [-0.39, 0.29) is 17.2 Å². The summed E-state index contributed by atoms with van der Waals surface area (Å²) in [5, 5.41) is 1.15. The third kappa shape index (κ3) is 3.54. The molecule has 2 aromatic heterocycles. The van der Waals surface area contributed by atoms with Gasteiger partial charge in [-0.1, -0.05) is 19.1 Å². The van der Waals surface area contributed by atoms with Gasteiger partial charge in [0.15, 0.2) is 10.2 Å². The third-order valence-electron chi connectivity index (χ3n) is 4.30. The molecule has 1 aliphatic rings. The summed E-state index contributed by atoms with van der Waals surface area (Å²) in [6, 6.07) is 11.3. The molecular formula is C19H17N3O3S2. The molecule has 3 aromatic rings. The number of hydrogen-bond donors (Lipinski definition) is 1. The van der Waals surface area contributed by atoms with Crippen molar-refractivity contribution in [2.75, 3.05) is 0 Å². The van der Waals surface area contributed by atoms with Gasteiger partial charge in [0.2, 0.25) is 0 Å². The van der Waals surface area contributed by atoms with Crippen LogP contribution in [0.15, 0.2) is 56.0 Å². The van der Waals surface area contributed by atoms with Crippen molar-refractivity contribution in [3.8, 4) is 0 Å². The number of para-hydroxylation sites is 2. The highest BCUT2D eigenvalue weighted by Crippen LogP contribution is 2.35. The van der Waals surface area contributed by atoms with Gasteiger partial charge in [0.1, 0.15) is 5.76 Å². The summed E-state index contributed by atoms with van der Waals surface area (Å²) in [6.07, 6.45) is 2.35. The van der Waals surface area contributed by atoms with Crippen LogP contribution in [0.4, 0.5) is 4.79 Å². The van der Waals surface area contributed by atoms with Crippen molar-refractivity contribution >= 4 is 51.8 Å². The van der Waals surface area contributed by atoms with Crippen LogP contribution in [0.3, 0.4) is 0 Å². The molecule has 8 heteroatoms. The van der Waals surface area contributed by atoms with Crippen molar-refractivity contribution in [1.82, 2.24) is 14.9 Å². The fourth-order valence-corrected chi connectivity index (χ4v) is 4.39. The first kappa shape index (κ1) is 17.9. The minimum absolute atomic E-state index is 0.112. The number of hydrogen-bond acceptors (Lipinski definition) is 6. The second-order valence-electron chi connectivity index (χ2n) is 6.13. The molecule has 0 saturated carbocycles. The van der Waals surface area contributed by atoms with E-state index in [1.807, 2.05) is 44.2 Å². The lowest BCUT2D eigenvalue weighted by atomic mass is 10.2. The van der Waals surface area contributed by atoms with Crippen LogP contribution in [0.25, 0.3) is 17.1 Å². The van der Waals surface area contributed by atoms with E-state index in [0.29, 0.717) is 15.8 Å². The smallest absolute Gasteiger partial charge is 0.293 e. The largest absolute Gasteiger partial charge is 0.450 e. The Morgan fingerprint density at radius 1 is 1.30 bits per heavy atom. The van der Waals surface area contributed by atoms with Gasteiger partial charge in [0.25, 0.3) is 11.1 Å². The number of carbonyl (C=O) groups excluding carboxylic acids is 2. The second-order valence-corrected chi connectivity index (χ2v) is 8.11. The number of imidazole rings is 1. The molecule has 1 fully saturated rings. The van der Waals surface area contributed by atoms with E-state index < -0.39 is 0 Å². The number of fused-ring (bicyclic) bond motifs is 1. The predicted octanol–water partition coefficient (Wildman–Crippen LogP) is 5.14. The molecule has 1 aliphatic heterocycles. The Hall–Kier alpha value is -2.45. The summed E-state index contributed by atoms with van der Waals surface area (Å²) in [7, 11) is 0. The number of amides is 2. The van der Waals surface area contributed by atoms with Gasteiger partial charge in [0, 0.05) is 12.1 Å². The molecule has 0 spiro atoms. The van der Waals surface area contributed by atoms with E-state index >= 15 is 0 Å². The zero-order valence-corrected chi connectivity index (χ0v) is 16.4. The first-order valence-corrected chi connectivity index (χ1v) is 10.2. The van der Waals surface area contributed by atoms with E-state index in [4.69, 9.17) is 4.42 Å². The van der Waals surface area contributed by atoms with Crippen molar-refractivity contribution in [1.29, 1.82) is 0 Å². The van der Waals surface area contributed by atoms with Crippen LogP contribution in [0.1, 0.15) is 26.0 Å². The molecule has 1 saturated heterocycles. The average molecular weight is 399 g/mol. The van der Waals surface area contributed by atoms with Gasteiger partial charge >= 0.3 is 0 Å². The molecule has 1 aromatic carbocycles. The molecular weight excluding hydrogens is 382 g/mol. The number of nitrogens with zero attached hydrogens (tertiary/aromatic N) is 2. The Bertz CT molecular complexity index is 1020. The van der Waals surface area contributed by atoms with Gasteiger partial charge < -0.3 is 9.40 Å².